The highest BCUT2D eigenvalue weighted by Crippen LogP contribution is 2.59. The second-order valence-corrected chi connectivity index (χ2v) is 7.75. The predicted octanol–water partition coefficient (Wildman–Crippen LogP) is 4.26. The number of methoxy groups -OCH3 is 1. The monoisotopic (exact) mass is 328 g/mol. The predicted molar refractivity (Wildman–Crippen MR) is 89.1 cm³/mol. The minimum Gasteiger partial charge on any atom is -0.437 e. The fourth-order valence-electron chi connectivity index (χ4n) is 5.53. The third-order valence-electron chi connectivity index (χ3n) is 6.77. The van der Waals surface area contributed by atoms with Gasteiger partial charge >= 0.3 is 6.16 Å². The smallest absolute Gasteiger partial charge is 0.437 e. The number of hydrogen-bond donors (Lipinski definition) is 0. The summed E-state index contributed by atoms with van der Waals surface area (Å²) in [4.78, 5) is 23.7. The van der Waals surface area contributed by atoms with Crippen LogP contribution in [0.15, 0.2) is 18.2 Å². The maximum atomic E-state index is 12.4. The zero-order valence-electron chi connectivity index (χ0n) is 14.3. The quantitative estimate of drug-likeness (QED) is 0.571. The third-order valence-corrected chi connectivity index (χ3v) is 6.77. The zero-order chi connectivity index (χ0) is 16.9. The molecule has 0 N–H and O–H groups in total. The van der Waals surface area contributed by atoms with Crippen LogP contribution in [0.5, 0.6) is 5.75 Å². The van der Waals surface area contributed by atoms with E-state index in [0.717, 1.165) is 38.5 Å². The number of rotatable bonds is 1. The van der Waals surface area contributed by atoms with Crippen molar-refractivity contribution in [3.05, 3.63) is 29.3 Å². The van der Waals surface area contributed by atoms with Crippen molar-refractivity contribution in [3.8, 4) is 5.75 Å². The number of ketones is 1. The Balaban J connectivity index is 1.61. The molecule has 0 aromatic heterocycles. The first kappa shape index (κ1) is 15.7. The zero-order valence-corrected chi connectivity index (χ0v) is 14.3. The van der Waals surface area contributed by atoms with Crippen LogP contribution in [0.3, 0.4) is 0 Å². The van der Waals surface area contributed by atoms with Crippen LogP contribution in [0, 0.1) is 17.3 Å². The van der Waals surface area contributed by atoms with Crippen molar-refractivity contribution in [1.82, 2.24) is 0 Å². The molecule has 0 amide bonds. The lowest BCUT2D eigenvalue weighted by atomic mass is 9.55. The van der Waals surface area contributed by atoms with Gasteiger partial charge in [0.15, 0.2) is 0 Å². The highest BCUT2D eigenvalue weighted by molar-refractivity contribution is 5.87. The summed E-state index contributed by atoms with van der Waals surface area (Å²) in [6.45, 7) is 2.20. The lowest BCUT2D eigenvalue weighted by molar-refractivity contribution is -0.129. The van der Waals surface area contributed by atoms with Gasteiger partial charge < -0.3 is 9.47 Å². The molecule has 0 bridgehead atoms. The Morgan fingerprint density at radius 1 is 1.21 bits per heavy atom. The molecule has 0 heterocycles. The molecule has 128 valence electrons. The average molecular weight is 328 g/mol. The Bertz CT molecular complexity index is 695. The molecule has 4 heteroatoms. The van der Waals surface area contributed by atoms with E-state index in [-0.39, 0.29) is 5.41 Å². The number of benzene rings is 1. The molecule has 24 heavy (non-hydrogen) atoms. The first-order valence-electron chi connectivity index (χ1n) is 8.95. The Hall–Kier alpha value is -1.84. The lowest BCUT2D eigenvalue weighted by Crippen LogP contribution is -2.42. The van der Waals surface area contributed by atoms with Crippen LogP contribution in [-0.2, 0) is 16.0 Å². The minimum atomic E-state index is -0.679. The number of ether oxygens (including phenoxy) is 2. The molecule has 0 saturated heterocycles. The Morgan fingerprint density at radius 3 is 2.83 bits per heavy atom. The molecular formula is C20H24O4. The third kappa shape index (κ3) is 2.27. The van der Waals surface area contributed by atoms with Gasteiger partial charge in [0.2, 0.25) is 0 Å². The van der Waals surface area contributed by atoms with Crippen molar-refractivity contribution in [2.45, 2.75) is 51.4 Å². The molecule has 3 aliphatic rings. The number of hydrogen-bond acceptors (Lipinski definition) is 4. The normalized spacial score (nSPS) is 34.1. The summed E-state index contributed by atoms with van der Waals surface area (Å²) >= 11 is 0. The highest BCUT2D eigenvalue weighted by Gasteiger charge is 2.54. The van der Waals surface area contributed by atoms with Gasteiger partial charge in [-0.2, -0.15) is 0 Å². The number of Topliss-reactive ketones (excluding diaryl/α,β-unsaturated/α-hetero) is 1. The largest absolute Gasteiger partial charge is 0.513 e. The Labute approximate surface area is 142 Å². The van der Waals surface area contributed by atoms with Crippen LogP contribution < -0.4 is 4.74 Å². The van der Waals surface area contributed by atoms with Gasteiger partial charge in [0, 0.05) is 11.8 Å². The molecule has 4 nitrogen and oxygen atoms in total. The van der Waals surface area contributed by atoms with Crippen molar-refractivity contribution in [2.75, 3.05) is 7.11 Å². The van der Waals surface area contributed by atoms with E-state index in [2.05, 4.69) is 17.7 Å². The number of fused-ring (bicyclic) bond motifs is 5. The van der Waals surface area contributed by atoms with E-state index in [1.54, 1.807) is 0 Å². The number of aryl methyl sites for hydroxylation is 1. The molecule has 0 radical (unpaired) electrons. The summed E-state index contributed by atoms with van der Waals surface area (Å²) in [5.41, 5.74) is 2.60. The van der Waals surface area contributed by atoms with Crippen molar-refractivity contribution >= 4 is 11.9 Å². The summed E-state index contributed by atoms with van der Waals surface area (Å²) in [5, 5.41) is 0. The van der Waals surface area contributed by atoms with Crippen LogP contribution >= 0.6 is 0 Å². The molecule has 4 rings (SSSR count). The van der Waals surface area contributed by atoms with Gasteiger partial charge in [0.05, 0.1) is 7.11 Å². The Morgan fingerprint density at radius 2 is 2.04 bits per heavy atom. The maximum Gasteiger partial charge on any atom is 0.513 e. The van der Waals surface area contributed by atoms with Crippen molar-refractivity contribution in [1.29, 1.82) is 0 Å². The maximum absolute atomic E-state index is 12.4. The van der Waals surface area contributed by atoms with E-state index in [1.807, 2.05) is 12.1 Å². The van der Waals surface area contributed by atoms with Gasteiger partial charge in [0.1, 0.15) is 11.5 Å². The second kappa shape index (κ2) is 5.61. The van der Waals surface area contributed by atoms with Gasteiger partial charge in [-0.25, -0.2) is 4.79 Å². The second-order valence-electron chi connectivity index (χ2n) is 7.75. The van der Waals surface area contributed by atoms with Crippen LogP contribution in [0.25, 0.3) is 0 Å². The van der Waals surface area contributed by atoms with E-state index in [0.29, 0.717) is 29.3 Å². The summed E-state index contributed by atoms with van der Waals surface area (Å²) in [5.74, 6) is 2.75. The van der Waals surface area contributed by atoms with E-state index in [9.17, 15) is 9.59 Å². The van der Waals surface area contributed by atoms with E-state index in [1.165, 1.54) is 18.2 Å². The molecule has 3 aliphatic carbocycles. The molecule has 0 unspecified atom stereocenters. The van der Waals surface area contributed by atoms with Crippen molar-refractivity contribution < 1.29 is 19.1 Å². The molecule has 1 aromatic carbocycles. The average Bonchev–Trinajstić information content (AvgIpc) is 2.89. The van der Waals surface area contributed by atoms with Gasteiger partial charge in [-0.1, -0.05) is 13.0 Å². The fourth-order valence-corrected chi connectivity index (χ4v) is 5.53. The summed E-state index contributed by atoms with van der Waals surface area (Å²) in [7, 11) is 1.31. The van der Waals surface area contributed by atoms with Crippen molar-refractivity contribution in [3.63, 3.8) is 0 Å². The molecule has 0 spiro atoms. The first-order valence-corrected chi connectivity index (χ1v) is 8.95. The summed E-state index contributed by atoms with van der Waals surface area (Å²) in [6.07, 6.45) is 5.38. The standard InChI is InChI=1S/C20H24O4/c1-20-10-9-15-14-6-4-13(24-19(22)23-2)11-12(14)3-5-16(15)17(20)7-8-18(20)21/h4,6,11,15-17H,3,5,7-10H2,1-2H3/t15-,16-,17-,20-/m0/s1. The van der Waals surface area contributed by atoms with E-state index in [4.69, 9.17) is 4.74 Å². The molecule has 1 aromatic rings. The van der Waals surface area contributed by atoms with Crippen LogP contribution in [-0.4, -0.2) is 19.0 Å². The lowest BCUT2D eigenvalue weighted by Gasteiger charge is -2.48. The highest BCUT2D eigenvalue weighted by atomic mass is 16.7. The number of carbonyl (C=O) groups excluding carboxylic acids is 2. The summed E-state index contributed by atoms with van der Waals surface area (Å²) < 4.78 is 9.72. The van der Waals surface area contributed by atoms with E-state index < -0.39 is 6.16 Å². The van der Waals surface area contributed by atoms with Crippen molar-refractivity contribution in [2.24, 2.45) is 17.3 Å². The Kier molecular flexibility index (Phi) is 3.66. The van der Waals surface area contributed by atoms with Gasteiger partial charge in [0.25, 0.3) is 0 Å². The number of carbonyl (C=O) groups is 2. The van der Waals surface area contributed by atoms with E-state index >= 15 is 0 Å². The molecule has 4 atom stereocenters. The first-order chi connectivity index (χ1) is 11.5. The van der Waals surface area contributed by atoms with Crippen LogP contribution in [0.1, 0.15) is 56.1 Å². The SMILES string of the molecule is COC(=O)Oc1ccc2c(c1)CC[C@H]1[C@H]2CC[C@]2(C)C(=O)CC[C@@H]12. The molecule has 2 saturated carbocycles. The van der Waals surface area contributed by atoms with Gasteiger partial charge in [-0.3, -0.25) is 4.79 Å². The van der Waals surface area contributed by atoms with Gasteiger partial charge in [-0.05, 0) is 73.1 Å². The fraction of sp³-hybridized carbons (Fsp3) is 0.600. The minimum absolute atomic E-state index is 0.0768. The van der Waals surface area contributed by atoms with Gasteiger partial charge in [-0.15, -0.1) is 0 Å². The topological polar surface area (TPSA) is 52.6 Å². The molecular weight excluding hydrogens is 304 g/mol. The van der Waals surface area contributed by atoms with Crippen LogP contribution in [0.2, 0.25) is 0 Å². The molecule has 0 aliphatic heterocycles. The summed E-state index contributed by atoms with van der Waals surface area (Å²) in [6, 6.07) is 5.96. The van der Waals surface area contributed by atoms with Crippen LogP contribution in [0.4, 0.5) is 4.79 Å². The molecule has 2 fully saturated rings.